The lowest BCUT2D eigenvalue weighted by molar-refractivity contribution is -0.120. The van der Waals surface area contributed by atoms with E-state index in [0.29, 0.717) is 6.42 Å². The largest absolute Gasteiger partial charge is 0.352 e. The molecule has 1 aliphatic rings. The SMILES string of the molecule is O=C(CCSc1ccc(Cl)cc1)NCC1=CCCCC1. The maximum Gasteiger partial charge on any atom is 0.221 e. The highest BCUT2D eigenvalue weighted by Gasteiger charge is 2.06. The van der Waals surface area contributed by atoms with E-state index >= 15 is 0 Å². The topological polar surface area (TPSA) is 29.1 Å². The van der Waals surface area contributed by atoms with Crippen LogP contribution in [0.4, 0.5) is 0 Å². The monoisotopic (exact) mass is 309 g/mol. The summed E-state index contributed by atoms with van der Waals surface area (Å²) in [6.07, 6.45) is 7.67. The van der Waals surface area contributed by atoms with Crippen LogP contribution in [0.1, 0.15) is 32.1 Å². The van der Waals surface area contributed by atoms with Crippen LogP contribution in [-0.4, -0.2) is 18.2 Å². The van der Waals surface area contributed by atoms with E-state index in [4.69, 9.17) is 11.6 Å². The van der Waals surface area contributed by atoms with Crippen LogP contribution >= 0.6 is 23.4 Å². The molecule has 1 amide bonds. The summed E-state index contributed by atoms with van der Waals surface area (Å²) in [6, 6.07) is 7.72. The van der Waals surface area contributed by atoms with Crippen molar-refractivity contribution in [1.82, 2.24) is 5.32 Å². The minimum absolute atomic E-state index is 0.137. The van der Waals surface area contributed by atoms with Crippen molar-refractivity contribution in [1.29, 1.82) is 0 Å². The van der Waals surface area contributed by atoms with Gasteiger partial charge in [-0.2, -0.15) is 0 Å². The predicted molar refractivity (Wildman–Crippen MR) is 86.4 cm³/mol. The van der Waals surface area contributed by atoms with Crippen LogP contribution in [0, 0.1) is 0 Å². The fourth-order valence-corrected chi connectivity index (χ4v) is 3.14. The molecule has 108 valence electrons. The molecule has 1 N–H and O–H groups in total. The van der Waals surface area contributed by atoms with Crippen molar-refractivity contribution in [3.63, 3.8) is 0 Å². The average Bonchev–Trinajstić information content (AvgIpc) is 2.48. The number of carbonyl (C=O) groups excluding carboxylic acids is 1. The smallest absolute Gasteiger partial charge is 0.221 e. The Morgan fingerprint density at radius 2 is 2.05 bits per heavy atom. The number of hydrogen-bond acceptors (Lipinski definition) is 2. The van der Waals surface area contributed by atoms with Gasteiger partial charge in [-0.3, -0.25) is 4.79 Å². The first kappa shape index (κ1) is 15.5. The molecule has 1 aliphatic carbocycles. The molecular weight excluding hydrogens is 290 g/mol. The fraction of sp³-hybridized carbons (Fsp3) is 0.438. The summed E-state index contributed by atoms with van der Waals surface area (Å²) in [7, 11) is 0. The van der Waals surface area contributed by atoms with E-state index in [9.17, 15) is 4.79 Å². The first-order valence-corrected chi connectivity index (χ1v) is 8.43. The molecule has 0 saturated heterocycles. The van der Waals surface area contributed by atoms with E-state index in [1.165, 1.54) is 18.4 Å². The van der Waals surface area contributed by atoms with E-state index in [0.717, 1.165) is 35.1 Å². The van der Waals surface area contributed by atoms with Crippen LogP contribution in [0.2, 0.25) is 5.02 Å². The van der Waals surface area contributed by atoms with Crippen LogP contribution in [-0.2, 0) is 4.79 Å². The zero-order valence-corrected chi connectivity index (χ0v) is 13.1. The van der Waals surface area contributed by atoms with Gasteiger partial charge in [0.15, 0.2) is 0 Å². The predicted octanol–water partition coefficient (Wildman–Crippen LogP) is 4.44. The molecule has 0 saturated carbocycles. The van der Waals surface area contributed by atoms with Crippen molar-refractivity contribution in [3.05, 3.63) is 40.9 Å². The molecule has 20 heavy (non-hydrogen) atoms. The van der Waals surface area contributed by atoms with Crippen LogP contribution < -0.4 is 5.32 Å². The second-order valence-electron chi connectivity index (χ2n) is 4.94. The Labute approximate surface area is 130 Å². The highest BCUT2D eigenvalue weighted by molar-refractivity contribution is 7.99. The van der Waals surface area contributed by atoms with Gasteiger partial charge < -0.3 is 5.32 Å². The highest BCUT2D eigenvalue weighted by Crippen LogP contribution is 2.21. The number of thioether (sulfide) groups is 1. The summed E-state index contributed by atoms with van der Waals surface area (Å²) >= 11 is 7.52. The average molecular weight is 310 g/mol. The van der Waals surface area contributed by atoms with Gasteiger partial charge in [0.25, 0.3) is 0 Å². The number of allylic oxidation sites excluding steroid dienone is 1. The molecule has 0 aliphatic heterocycles. The Morgan fingerprint density at radius 3 is 2.75 bits per heavy atom. The Balaban J connectivity index is 1.62. The lowest BCUT2D eigenvalue weighted by Gasteiger charge is -2.13. The van der Waals surface area contributed by atoms with Crippen molar-refractivity contribution in [2.75, 3.05) is 12.3 Å². The van der Waals surface area contributed by atoms with Crippen molar-refractivity contribution in [3.8, 4) is 0 Å². The maximum atomic E-state index is 11.8. The lowest BCUT2D eigenvalue weighted by atomic mass is 10.00. The standard InChI is InChI=1S/C16H20ClNOS/c17-14-6-8-15(9-7-14)20-11-10-16(19)18-12-13-4-2-1-3-5-13/h4,6-9H,1-3,5,10-12H2,(H,18,19). The third kappa shape index (κ3) is 5.59. The molecule has 0 heterocycles. The molecule has 0 fully saturated rings. The van der Waals surface area contributed by atoms with Crippen molar-refractivity contribution in [2.45, 2.75) is 37.0 Å². The van der Waals surface area contributed by atoms with Gasteiger partial charge in [0.1, 0.15) is 0 Å². The van der Waals surface area contributed by atoms with Gasteiger partial charge in [0, 0.05) is 28.6 Å². The van der Waals surface area contributed by atoms with E-state index in [1.54, 1.807) is 11.8 Å². The van der Waals surface area contributed by atoms with Gasteiger partial charge in [0.2, 0.25) is 5.91 Å². The number of benzene rings is 1. The van der Waals surface area contributed by atoms with Gasteiger partial charge >= 0.3 is 0 Å². The molecule has 4 heteroatoms. The number of amides is 1. The highest BCUT2D eigenvalue weighted by atomic mass is 35.5. The molecule has 0 bridgehead atoms. The minimum atomic E-state index is 0.137. The molecule has 0 radical (unpaired) electrons. The van der Waals surface area contributed by atoms with Gasteiger partial charge in [0.05, 0.1) is 0 Å². The van der Waals surface area contributed by atoms with Crippen LogP contribution in [0.5, 0.6) is 0 Å². The normalized spacial score (nSPS) is 14.8. The van der Waals surface area contributed by atoms with Crippen LogP contribution in [0.15, 0.2) is 40.8 Å². The number of carbonyl (C=O) groups is 1. The van der Waals surface area contributed by atoms with E-state index in [2.05, 4.69) is 11.4 Å². The number of nitrogens with one attached hydrogen (secondary N) is 1. The van der Waals surface area contributed by atoms with E-state index < -0.39 is 0 Å². The lowest BCUT2D eigenvalue weighted by Crippen LogP contribution is -2.26. The zero-order valence-electron chi connectivity index (χ0n) is 11.5. The quantitative estimate of drug-likeness (QED) is 0.622. The molecule has 0 aromatic heterocycles. The first-order valence-electron chi connectivity index (χ1n) is 7.07. The Kier molecular flexibility index (Phi) is 6.48. The Morgan fingerprint density at radius 1 is 1.25 bits per heavy atom. The van der Waals surface area contributed by atoms with Gasteiger partial charge in [-0.15, -0.1) is 11.8 Å². The van der Waals surface area contributed by atoms with E-state index in [-0.39, 0.29) is 5.91 Å². The summed E-state index contributed by atoms with van der Waals surface area (Å²) in [5.41, 5.74) is 1.38. The minimum Gasteiger partial charge on any atom is -0.352 e. The fourth-order valence-electron chi connectivity index (χ4n) is 2.16. The van der Waals surface area contributed by atoms with Gasteiger partial charge in [-0.1, -0.05) is 23.3 Å². The van der Waals surface area contributed by atoms with Gasteiger partial charge in [-0.05, 0) is 49.9 Å². The Hall–Kier alpha value is -0.930. The maximum absolute atomic E-state index is 11.8. The first-order chi connectivity index (χ1) is 9.74. The molecule has 2 rings (SSSR count). The summed E-state index contributed by atoms with van der Waals surface area (Å²) in [6.45, 7) is 0.727. The van der Waals surface area contributed by atoms with Crippen LogP contribution in [0.25, 0.3) is 0 Å². The Bertz CT molecular complexity index is 470. The van der Waals surface area contributed by atoms with Crippen LogP contribution in [0.3, 0.4) is 0 Å². The van der Waals surface area contributed by atoms with Gasteiger partial charge in [-0.25, -0.2) is 0 Å². The van der Waals surface area contributed by atoms with Crippen molar-refractivity contribution < 1.29 is 4.79 Å². The van der Waals surface area contributed by atoms with Crippen molar-refractivity contribution >= 4 is 29.3 Å². The zero-order chi connectivity index (χ0) is 14.2. The molecule has 1 aromatic carbocycles. The van der Waals surface area contributed by atoms with Crippen molar-refractivity contribution in [2.24, 2.45) is 0 Å². The summed E-state index contributed by atoms with van der Waals surface area (Å²) < 4.78 is 0. The second-order valence-corrected chi connectivity index (χ2v) is 6.54. The molecular formula is C16H20ClNOS. The summed E-state index contributed by atoms with van der Waals surface area (Å²) in [5.74, 6) is 0.935. The van der Waals surface area contributed by atoms with E-state index in [1.807, 2.05) is 24.3 Å². The molecule has 0 spiro atoms. The molecule has 0 atom stereocenters. The summed E-state index contributed by atoms with van der Waals surface area (Å²) in [5, 5.41) is 3.75. The third-order valence-corrected chi connectivity index (χ3v) is 4.57. The second kappa shape index (κ2) is 8.38. The number of halogens is 1. The number of hydrogen-bond donors (Lipinski definition) is 1. The molecule has 2 nitrogen and oxygen atoms in total. The summed E-state index contributed by atoms with van der Waals surface area (Å²) in [4.78, 5) is 12.9. The third-order valence-electron chi connectivity index (χ3n) is 3.31. The number of rotatable bonds is 6. The molecule has 1 aromatic rings. The molecule has 0 unspecified atom stereocenters.